The van der Waals surface area contributed by atoms with Gasteiger partial charge in [0.1, 0.15) is 0 Å². The molecule has 1 heterocycles. The number of benzene rings is 1. The average molecular weight is 247 g/mol. The Morgan fingerprint density at radius 2 is 2.28 bits per heavy atom. The minimum atomic E-state index is -0.782. The van der Waals surface area contributed by atoms with E-state index in [-0.39, 0.29) is 0 Å². The van der Waals surface area contributed by atoms with Gasteiger partial charge in [0, 0.05) is 0 Å². The van der Waals surface area contributed by atoms with Crippen molar-refractivity contribution in [3.63, 3.8) is 0 Å². The fourth-order valence-corrected chi connectivity index (χ4v) is 1.99. The number of aromatic nitrogens is 2. The second-order valence-corrected chi connectivity index (χ2v) is 4.66. The zero-order valence-corrected chi connectivity index (χ0v) is 10.6. The number of hydrogen-bond donors (Lipinski definition) is 2. The molecule has 0 radical (unpaired) electrons. The van der Waals surface area contributed by atoms with E-state index in [0.29, 0.717) is 6.42 Å². The third kappa shape index (κ3) is 2.68. The Labute approximate surface area is 105 Å². The van der Waals surface area contributed by atoms with E-state index in [1.807, 2.05) is 37.2 Å². The van der Waals surface area contributed by atoms with Gasteiger partial charge in [0.15, 0.2) is 0 Å². The molecule has 0 bridgehead atoms. The van der Waals surface area contributed by atoms with Crippen LogP contribution in [0.15, 0.2) is 24.5 Å². The van der Waals surface area contributed by atoms with Crippen molar-refractivity contribution in [2.75, 3.05) is 20.6 Å². The topological polar surface area (TPSA) is 69.2 Å². The highest BCUT2D eigenvalue weighted by Crippen LogP contribution is 2.23. The van der Waals surface area contributed by atoms with Gasteiger partial charge in [-0.25, -0.2) is 4.98 Å². The Kier molecular flexibility index (Phi) is 3.62. The number of fused-ring (bicyclic) bond motifs is 1. The van der Waals surface area contributed by atoms with Crippen molar-refractivity contribution in [2.24, 2.45) is 0 Å². The van der Waals surface area contributed by atoms with E-state index in [9.17, 15) is 9.90 Å². The van der Waals surface area contributed by atoms with Gasteiger partial charge in [-0.05, 0) is 44.8 Å². The summed E-state index contributed by atoms with van der Waals surface area (Å²) < 4.78 is 0. The van der Waals surface area contributed by atoms with Crippen LogP contribution in [0.2, 0.25) is 0 Å². The summed E-state index contributed by atoms with van der Waals surface area (Å²) in [4.78, 5) is 20.5. The Morgan fingerprint density at radius 3 is 2.94 bits per heavy atom. The molecule has 0 fully saturated rings. The Hall–Kier alpha value is -1.88. The van der Waals surface area contributed by atoms with Gasteiger partial charge < -0.3 is 15.0 Å². The van der Waals surface area contributed by atoms with Crippen molar-refractivity contribution in [1.29, 1.82) is 0 Å². The second-order valence-electron chi connectivity index (χ2n) is 4.66. The maximum absolute atomic E-state index is 11.3. The van der Waals surface area contributed by atoms with Crippen molar-refractivity contribution < 1.29 is 9.90 Å². The molecule has 0 aliphatic carbocycles. The lowest BCUT2D eigenvalue weighted by Gasteiger charge is -2.16. The summed E-state index contributed by atoms with van der Waals surface area (Å²) >= 11 is 0. The first kappa shape index (κ1) is 12.6. The monoisotopic (exact) mass is 247 g/mol. The van der Waals surface area contributed by atoms with E-state index in [0.717, 1.165) is 23.1 Å². The van der Waals surface area contributed by atoms with Gasteiger partial charge >= 0.3 is 5.97 Å². The lowest BCUT2D eigenvalue weighted by molar-refractivity contribution is -0.139. The van der Waals surface area contributed by atoms with Crippen molar-refractivity contribution in [3.8, 4) is 0 Å². The van der Waals surface area contributed by atoms with Crippen LogP contribution in [-0.4, -0.2) is 46.6 Å². The van der Waals surface area contributed by atoms with Gasteiger partial charge in [0.2, 0.25) is 0 Å². The summed E-state index contributed by atoms with van der Waals surface area (Å²) in [5, 5.41) is 9.32. The van der Waals surface area contributed by atoms with Crippen molar-refractivity contribution in [3.05, 3.63) is 30.1 Å². The third-order valence-electron chi connectivity index (χ3n) is 3.01. The van der Waals surface area contributed by atoms with Gasteiger partial charge in [0.25, 0.3) is 0 Å². The van der Waals surface area contributed by atoms with E-state index in [1.54, 1.807) is 6.33 Å². The van der Waals surface area contributed by atoms with Gasteiger partial charge in [-0.2, -0.15) is 0 Å². The summed E-state index contributed by atoms with van der Waals surface area (Å²) in [6, 6.07) is 5.57. The van der Waals surface area contributed by atoms with Crippen LogP contribution in [0, 0.1) is 0 Å². The van der Waals surface area contributed by atoms with Crippen LogP contribution in [-0.2, 0) is 4.79 Å². The summed E-state index contributed by atoms with van der Waals surface area (Å²) in [5.74, 6) is -1.25. The van der Waals surface area contributed by atoms with Crippen LogP contribution >= 0.6 is 0 Å². The maximum atomic E-state index is 11.3. The highest BCUT2D eigenvalue weighted by Gasteiger charge is 2.20. The SMILES string of the molecule is CN(C)CCC(C(=O)O)c1ccc2nc[nH]c2c1. The third-order valence-corrected chi connectivity index (χ3v) is 3.01. The van der Waals surface area contributed by atoms with Gasteiger partial charge in [-0.1, -0.05) is 6.07 Å². The quantitative estimate of drug-likeness (QED) is 0.843. The minimum absolute atomic E-state index is 0.472. The number of nitrogens with zero attached hydrogens (tertiary/aromatic N) is 2. The van der Waals surface area contributed by atoms with Crippen molar-refractivity contribution in [2.45, 2.75) is 12.3 Å². The molecule has 0 amide bonds. The van der Waals surface area contributed by atoms with E-state index < -0.39 is 11.9 Å². The van der Waals surface area contributed by atoms with Crippen LogP contribution in [0.4, 0.5) is 0 Å². The predicted octanol–water partition coefficient (Wildman–Crippen LogP) is 1.68. The van der Waals surface area contributed by atoms with Crippen LogP contribution in [0.1, 0.15) is 17.9 Å². The van der Waals surface area contributed by atoms with Gasteiger partial charge in [-0.3, -0.25) is 4.79 Å². The second kappa shape index (κ2) is 5.18. The predicted molar refractivity (Wildman–Crippen MR) is 69.6 cm³/mol. The summed E-state index contributed by atoms with van der Waals surface area (Å²) in [5.41, 5.74) is 2.56. The van der Waals surface area contributed by atoms with Crippen LogP contribution in [0.3, 0.4) is 0 Å². The van der Waals surface area contributed by atoms with Crippen LogP contribution in [0.25, 0.3) is 11.0 Å². The Balaban J connectivity index is 2.26. The van der Waals surface area contributed by atoms with Crippen molar-refractivity contribution in [1.82, 2.24) is 14.9 Å². The maximum Gasteiger partial charge on any atom is 0.311 e. The van der Waals surface area contributed by atoms with Gasteiger partial charge in [0.05, 0.1) is 23.3 Å². The number of carboxylic acids is 1. The largest absolute Gasteiger partial charge is 0.481 e. The molecule has 0 spiro atoms. The molecule has 1 atom stereocenters. The molecular formula is C13H17N3O2. The van der Waals surface area contributed by atoms with Crippen LogP contribution < -0.4 is 0 Å². The Bertz CT molecular complexity index is 548. The zero-order valence-electron chi connectivity index (χ0n) is 10.6. The Morgan fingerprint density at radius 1 is 1.50 bits per heavy atom. The fourth-order valence-electron chi connectivity index (χ4n) is 1.99. The lowest BCUT2D eigenvalue weighted by Crippen LogP contribution is -2.20. The average Bonchev–Trinajstić information content (AvgIpc) is 2.75. The smallest absolute Gasteiger partial charge is 0.311 e. The molecule has 1 aromatic heterocycles. The molecule has 0 saturated carbocycles. The number of aromatic amines is 1. The molecule has 2 N–H and O–H groups in total. The first-order chi connectivity index (χ1) is 8.58. The van der Waals surface area contributed by atoms with Crippen LogP contribution in [0.5, 0.6) is 0 Å². The molecule has 1 unspecified atom stereocenters. The number of rotatable bonds is 5. The first-order valence-electron chi connectivity index (χ1n) is 5.88. The first-order valence-corrected chi connectivity index (χ1v) is 5.88. The number of nitrogens with one attached hydrogen (secondary N) is 1. The summed E-state index contributed by atoms with van der Waals surface area (Å²) in [6.45, 7) is 0.748. The standard InChI is InChI=1S/C13H17N3O2/c1-16(2)6-5-10(13(17)18)9-3-4-11-12(7-9)15-8-14-11/h3-4,7-8,10H,5-6H2,1-2H3,(H,14,15)(H,17,18). The van der Waals surface area contributed by atoms with Gasteiger partial charge in [-0.15, -0.1) is 0 Å². The molecule has 5 nitrogen and oxygen atoms in total. The molecule has 0 aliphatic heterocycles. The molecule has 18 heavy (non-hydrogen) atoms. The molecule has 5 heteroatoms. The molecule has 0 aliphatic rings. The highest BCUT2D eigenvalue weighted by atomic mass is 16.4. The van der Waals surface area contributed by atoms with E-state index in [4.69, 9.17) is 0 Å². The zero-order chi connectivity index (χ0) is 13.1. The van der Waals surface area contributed by atoms with E-state index in [1.165, 1.54) is 0 Å². The normalized spacial score (nSPS) is 13.1. The number of hydrogen-bond acceptors (Lipinski definition) is 3. The number of carboxylic acid groups (broad SMARTS) is 1. The summed E-state index contributed by atoms with van der Waals surface area (Å²) in [7, 11) is 3.88. The molecule has 1 aromatic carbocycles. The molecular weight excluding hydrogens is 230 g/mol. The van der Waals surface area contributed by atoms with E-state index in [2.05, 4.69) is 9.97 Å². The molecule has 96 valence electrons. The highest BCUT2D eigenvalue weighted by molar-refractivity contribution is 5.80. The number of carbonyl (C=O) groups is 1. The molecule has 2 rings (SSSR count). The fraction of sp³-hybridized carbons (Fsp3) is 0.385. The lowest BCUT2D eigenvalue weighted by atomic mass is 9.95. The minimum Gasteiger partial charge on any atom is -0.481 e. The number of aliphatic carboxylic acids is 1. The number of H-pyrrole nitrogens is 1. The van der Waals surface area contributed by atoms with Crippen molar-refractivity contribution >= 4 is 17.0 Å². The molecule has 2 aromatic rings. The number of imidazole rings is 1. The molecule has 0 saturated heterocycles. The summed E-state index contributed by atoms with van der Waals surface area (Å²) in [6.07, 6.45) is 2.21. The van der Waals surface area contributed by atoms with E-state index >= 15 is 0 Å².